The molecule has 0 radical (unpaired) electrons. The lowest BCUT2D eigenvalue weighted by molar-refractivity contribution is -0.146. The fraction of sp³-hybridized carbons (Fsp3) is 0.457. The quantitative estimate of drug-likeness (QED) is 0.330. The van der Waals surface area contributed by atoms with E-state index in [1.54, 1.807) is 38.6 Å². The fourth-order valence-corrected chi connectivity index (χ4v) is 9.66. The van der Waals surface area contributed by atoms with Crippen molar-refractivity contribution in [2.24, 2.45) is 17.8 Å². The van der Waals surface area contributed by atoms with Crippen molar-refractivity contribution in [1.82, 2.24) is 9.80 Å². The Bertz CT molecular complexity index is 1340. The van der Waals surface area contributed by atoms with Gasteiger partial charge in [-0.05, 0) is 42.9 Å². The minimum Gasteiger partial charge on any atom is -0.394 e. The van der Waals surface area contributed by atoms with Gasteiger partial charge in [-0.3, -0.25) is 14.4 Å². The molecule has 8 heteroatoms. The second-order valence-corrected chi connectivity index (χ2v) is 13.9. The number of hydrogen-bond acceptors (Lipinski definition) is 5. The lowest BCUT2D eigenvalue weighted by atomic mass is 9.70. The van der Waals surface area contributed by atoms with Crippen LogP contribution in [0.15, 0.2) is 86.0 Å². The maximum atomic E-state index is 14.7. The molecule has 5 rings (SSSR count). The molecule has 3 aliphatic heterocycles. The number of aliphatic hydroxyl groups excluding tert-OH is 1. The first kappa shape index (κ1) is 31.1. The van der Waals surface area contributed by atoms with Gasteiger partial charge in [-0.15, -0.1) is 24.9 Å². The second kappa shape index (κ2) is 13.1. The van der Waals surface area contributed by atoms with Gasteiger partial charge in [0.05, 0.1) is 29.2 Å². The van der Waals surface area contributed by atoms with Crippen LogP contribution in [0.4, 0.5) is 5.69 Å². The van der Waals surface area contributed by atoms with Gasteiger partial charge in [0.1, 0.15) is 6.04 Å². The molecule has 2 aromatic carbocycles. The molecule has 3 fully saturated rings. The fourth-order valence-electron chi connectivity index (χ4n) is 7.47. The summed E-state index contributed by atoms with van der Waals surface area (Å²) in [4.78, 5) is 49.0. The Morgan fingerprint density at radius 1 is 1.05 bits per heavy atom. The predicted molar refractivity (Wildman–Crippen MR) is 172 cm³/mol. The first-order valence-corrected chi connectivity index (χ1v) is 16.2. The summed E-state index contributed by atoms with van der Waals surface area (Å²) in [5, 5.41) is 10.6. The van der Waals surface area contributed by atoms with Crippen molar-refractivity contribution in [2.45, 2.75) is 61.7 Å². The summed E-state index contributed by atoms with van der Waals surface area (Å²) in [5.74, 6) is -1.43. The van der Waals surface area contributed by atoms with Crippen LogP contribution in [0.25, 0.3) is 0 Å². The van der Waals surface area contributed by atoms with E-state index in [1.807, 2.05) is 60.7 Å². The zero-order chi connectivity index (χ0) is 30.7. The van der Waals surface area contributed by atoms with Crippen molar-refractivity contribution >= 4 is 35.2 Å². The number of nitrogens with zero attached hydrogens (tertiary/aromatic N) is 3. The van der Waals surface area contributed by atoms with Gasteiger partial charge in [0, 0.05) is 30.6 Å². The van der Waals surface area contributed by atoms with E-state index in [2.05, 4.69) is 27.0 Å². The summed E-state index contributed by atoms with van der Waals surface area (Å²) in [6.07, 6.45) is 5.42. The van der Waals surface area contributed by atoms with E-state index in [0.29, 0.717) is 32.5 Å². The normalized spacial score (nSPS) is 26.3. The number of benzene rings is 2. The molecular formula is C35H43N3O4S. The third kappa shape index (κ3) is 5.67. The maximum absolute atomic E-state index is 14.7. The van der Waals surface area contributed by atoms with Crippen LogP contribution in [0.5, 0.6) is 0 Å². The van der Waals surface area contributed by atoms with Gasteiger partial charge in [0.15, 0.2) is 0 Å². The third-order valence-electron chi connectivity index (χ3n) is 9.13. The maximum Gasteiger partial charge on any atom is 0.247 e. The summed E-state index contributed by atoms with van der Waals surface area (Å²) in [6, 6.07) is 18.0. The van der Waals surface area contributed by atoms with Gasteiger partial charge in [-0.1, -0.05) is 74.5 Å². The smallest absolute Gasteiger partial charge is 0.247 e. The Morgan fingerprint density at radius 2 is 1.70 bits per heavy atom. The highest BCUT2D eigenvalue weighted by atomic mass is 32.2. The van der Waals surface area contributed by atoms with Crippen molar-refractivity contribution in [3.8, 4) is 0 Å². The summed E-state index contributed by atoms with van der Waals surface area (Å²) in [7, 11) is 0. The lowest BCUT2D eigenvalue weighted by Gasteiger charge is -2.40. The van der Waals surface area contributed by atoms with Crippen molar-refractivity contribution in [3.63, 3.8) is 0 Å². The number of anilines is 1. The molecule has 1 spiro atoms. The average molecular weight is 602 g/mol. The topological polar surface area (TPSA) is 81.2 Å². The van der Waals surface area contributed by atoms with Crippen LogP contribution >= 0.6 is 11.8 Å². The van der Waals surface area contributed by atoms with Gasteiger partial charge >= 0.3 is 0 Å². The molecule has 6 atom stereocenters. The summed E-state index contributed by atoms with van der Waals surface area (Å²) >= 11 is 1.66. The summed E-state index contributed by atoms with van der Waals surface area (Å²) < 4.78 is -0.740. The Morgan fingerprint density at radius 3 is 2.30 bits per heavy atom. The van der Waals surface area contributed by atoms with Crippen molar-refractivity contribution in [2.75, 3.05) is 24.6 Å². The van der Waals surface area contributed by atoms with E-state index in [9.17, 15) is 19.5 Å². The van der Waals surface area contributed by atoms with Gasteiger partial charge in [-0.2, -0.15) is 0 Å². The minimum absolute atomic E-state index is 0.0606. The number of fused-ring (bicyclic) bond motifs is 1. The van der Waals surface area contributed by atoms with Crippen LogP contribution in [-0.4, -0.2) is 74.4 Å². The number of thioether (sulfide) groups is 1. The highest BCUT2D eigenvalue weighted by Gasteiger charge is 2.74. The molecule has 0 saturated carbocycles. The Kier molecular flexibility index (Phi) is 9.47. The Labute approximate surface area is 259 Å². The van der Waals surface area contributed by atoms with E-state index in [-0.39, 0.29) is 35.5 Å². The van der Waals surface area contributed by atoms with Crippen LogP contribution in [0, 0.1) is 17.8 Å². The highest BCUT2D eigenvalue weighted by Crippen LogP contribution is 2.67. The molecule has 3 saturated heterocycles. The molecule has 3 amide bonds. The summed E-state index contributed by atoms with van der Waals surface area (Å²) in [6.45, 7) is 12.7. The van der Waals surface area contributed by atoms with Crippen LogP contribution in [0.1, 0.15) is 38.7 Å². The monoisotopic (exact) mass is 601 g/mol. The number of rotatable bonds is 13. The largest absolute Gasteiger partial charge is 0.394 e. The van der Waals surface area contributed by atoms with Crippen LogP contribution in [0.2, 0.25) is 0 Å². The van der Waals surface area contributed by atoms with E-state index in [4.69, 9.17) is 0 Å². The molecule has 43 heavy (non-hydrogen) atoms. The first-order valence-electron chi connectivity index (χ1n) is 15.3. The summed E-state index contributed by atoms with van der Waals surface area (Å²) in [5.41, 5.74) is 1.75. The molecule has 0 aromatic heterocycles. The second-order valence-electron chi connectivity index (χ2n) is 12.3. The zero-order valence-electron chi connectivity index (χ0n) is 25.2. The molecule has 0 aliphatic carbocycles. The molecule has 7 nitrogen and oxygen atoms in total. The number of hydrogen-bond donors (Lipinski definition) is 1. The third-order valence-corrected chi connectivity index (χ3v) is 11.1. The van der Waals surface area contributed by atoms with Crippen LogP contribution in [0.3, 0.4) is 0 Å². The van der Waals surface area contributed by atoms with Crippen LogP contribution in [-0.2, 0) is 20.9 Å². The van der Waals surface area contributed by atoms with Gasteiger partial charge < -0.3 is 19.8 Å². The molecule has 1 N–H and O–H groups in total. The lowest BCUT2D eigenvalue weighted by Crippen LogP contribution is -2.57. The average Bonchev–Trinajstić information content (AvgIpc) is 3.66. The number of carbonyl (C=O) groups excluding carboxylic acids is 3. The number of amides is 3. The number of para-hydroxylation sites is 1. The minimum atomic E-state index is -0.776. The van der Waals surface area contributed by atoms with Gasteiger partial charge in [0.25, 0.3) is 0 Å². The first-order chi connectivity index (χ1) is 20.8. The number of aliphatic hydroxyl groups is 1. The predicted octanol–water partition coefficient (Wildman–Crippen LogP) is 4.92. The Hall–Kier alpha value is -3.36. The molecule has 2 unspecified atom stereocenters. The Balaban J connectivity index is 1.57. The van der Waals surface area contributed by atoms with E-state index >= 15 is 0 Å². The molecule has 2 aromatic rings. The van der Waals surface area contributed by atoms with Crippen molar-refractivity contribution in [1.29, 1.82) is 0 Å². The number of carbonyl (C=O) groups is 3. The standard InChI is InChI=1S/C35H43N3O4S/c1-5-19-36(22-25-13-9-7-10-14-25)34(42)31-35-18-17-28(43-35)29(30(35)33(41)38(31)27(23-39)21-24(3)4)32(40)37(20-6-2)26-15-11-8-12-16-26/h5-16,24,27-31,39H,1-2,17-23H2,3-4H3/t27-,28-,29+,30+,31?,35?/m1/s1. The highest BCUT2D eigenvalue weighted by molar-refractivity contribution is 8.02. The van der Waals surface area contributed by atoms with Gasteiger partial charge in [-0.25, -0.2) is 0 Å². The SMILES string of the molecule is C=CCN(Cc1ccccc1)C(=O)C1N([C@@H](CO)CC(C)C)C(=O)[C@@H]2[C@@H](C(=O)N(CC=C)c3ccccc3)[C@H]3CCC12S3. The van der Waals surface area contributed by atoms with E-state index < -0.39 is 28.7 Å². The van der Waals surface area contributed by atoms with Gasteiger partial charge in [0.2, 0.25) is 17.7 Å². The molecule has 2 bridgehead atoms. The number of likely N-dealkylation sites (tertiary alicyclic amines) is 1. The van der Waals surface area contributed by atoms with Crippen molar-refractivity contribution in [3.05, 3.63) is 91.5 Å². The van der Waals surface area contributed by atoms with E-state index in [0.717, 1.165) is 17.7 Å². The molecule has 3 aliphatic rings. The molecular weight excluding hydrogens is 558 g/mol. The zero-order valence-corrected chi connectivity index (χ0v) is 26.0. The van der Waals surface area contributed by atoms with Crippen LogP contribution < -0.4 is 4.90 Å². The van der Waals surface area contributed by atoms with Crippen molar-refractivity contribution < 1.29 is 19.5 Å². The molecule has 228 valence electrons. The molecule has 3 heterocycles. The van der Waals surface area contributed by atoms with E-state index in [1.165, 1.54) is 0 Å².